The fraction of sp³-hybridized carbons (Fsp3) is 0.500. The number of ether oxygens (including phenoxy) is 2. The summed E-state index contributed by atoms with van der Waals surface area (Å²) in [5.41, 5.74) is 9.40. The van der Waals surface area contributed by atoms with Gasteiger partial charge < -0.3 is 14.5 Å². The number of carbonyl (C=O) groups excluding carboxylic acids is 2. The normalized spacial score (nSPS) is 17.6. The highest BCUT2D eigenvalue weighted by atomic mass is 16.6. The molecule has 1 atom stereocenters. The smallest absolute Gasteiger partial charge is 0.412 e. The van der Waals surface area contributed by atoms with Crippen molar-refractivity contribution in [2.45, 2.75) is 51.6 Å². The molecule has 1 aliphatic heterocycles. The van der Waals surface area contributed by atoms with Crippen molar-refractivity contribution in [1.29, 1.82) is 5.26 Å². The number of aryl methyl sites for hydroxylation is 2. The number of amides is 1. The zero-order valence-corrected chi connectivity index (χ0v) is 17.1. The average Bonchev–Trinajstić information content (AvgIpc) is 3.47. The standard InChI is InChI=1S/C22H26N4O4/c1-2-29-21(27)19(13-26-12-14(10-23)11-24-26)30-22(28)25-20-17-7-3-5-15(17)9-16-6-4-8-18(16)20/h9,12,19,24H,2-8,11,13H2,1H3,(H,25,28). The largest absolute Gasteiger partial charge is 0.463 e. The van der Waals surface area contributed by atoms with Crippen LogP contribution < -0.4 is 10.7 Å². The summed E-state index contributed by atoms with van der Waals surface area (Å²) >= 11 is 0. The fourth-order valence-corrected chi connectivity index (χ4v) is 4.45. The topological polar surface area (TPSA) is 104 Å². The molecule has 1 amide bonds. The monoisotopic (exact) mass is 410 g/mol. The van der Waals surface area contributed by atoms with E-state index in [2.05, 4.69) is 22.9 Å². The van der Waals surface area contributed by atoms with Gasteiger partial charge in [-0.15, -0.1) is 0 Å². The molecule has 4 rings (SSSR count). The Labute approximate surface area is 175 Å². The molecule has 2 N–H and O–H groups in total. The third-order valence-corrected chi connectivity index (χ3v) is 5.79. The summed E-state index contributed by atoms with van der Waals surface area (Å²) < 4.78 is 10.6. The van der Waals surface area contributed by atoms with Crippen molar-refractivity contribution in [3.63, 3.8) is 0 Å². The number of anilines is 1. The zero-order valence-electron chi connectivity index (χ0n) is 17.1. The summed E-state index contributed by atoms with van der Waals surface area (Å²) in [4.78, 5) is 25.2. The number of nitrogens with one attached hydrogen (secondary N) is 2. The van der Waals surface area contributed by atoms with Gasteiger partial charge in [-0.2, -0.15) is 5.26 Å². The average molecular weight is 410 g/mol. The first-order chi connectivity index (χ1) is 14.6. The zero-order chi connectivity index (χ0) is 21.1. The maximum Gasteiger partial charge on any atom is 0.412 e. The lowest BCUT2D eigenvalue weighted by Crippen LogP contribution is -2.43. The Morgan fingerprint density at radius 2 is 1.93 bits per heavy atom. The maximum absolute atomic E-state index is 12.8. The molecule has 0 radical (unpaired) electrons. The van der Waals surface area contributed by atoms with Crippen LogP contribution in [0.15, 0.2) is 17.8 Å². The van der Waals surface area contributed by atoms with Gasteiger partial charge in [0, 0.05) is 6.20 Å². The van der Waals surface area contributed by atoms with Gasteiger partial charge in [0.25, 0.3) is 0 Å². The van der Waals surface area contributed by atoms with E-state index in [1.807, 2.05) is 0 Å². The van der Waals surface area contributed by atoms with E-state index in [4.69, 9.17) is 14.7 Å². The number of esters is 1. The molecular formula is C22H26N4O4. The molecule has 8 heteroatoms. The van der Waals surface area contributed by atoms with Crippen LogP contribution in [0.4, 0.5) is 10.5 Å². The Morgan fingerprint density at radius 3 is 2.53 bits per heavy atom. The molecule has 1 unspecified atom stereocenters. The van der Waals surface area contributed by atoms with Gasteiger partial charge >= 0.3 is 12.1 Å². The molecule has 1 aromatic carbocycles. The minimum absolute atomic E-state index is 0.0580. The molecule has 0 saturated carbocycles. The first-order valence-corrected chi connectivity index (χ1v) is 10.5. The fourth-order valence-electron chi connectivity index (χ4n) is 4.45. The number of hydrazine groups is 1. The van der Waals surface area contributed by atoms with Gasteiger partial charge in [-0.3, -0.25) is 5.32 Å². The number of hydrogen-bond donors (Lipinski definition) is 2. The van der Waals surface area contributed by atoms with E-state index in [1.165, 1.54) is 22.3 Å². The van der Waals surface area contributed by atoms with Gasteiger partial charge in [0.15, 0.2) is 0 Å². The van der Waals surface area contributed by atoms with E-state index in [9.17, 15) is 9.59 Å². The van der Waals surface area contributed by atoms with Crippen LogP contribution in [0.5, 0.6) is 0 Å². The number of fused-ring (bicyclic) bond motifs is 2. The third-order valence-electron chi connectivity index (χ3n) is 5.79. The second-order valence-electron chi connectivity index (χ2n) is 7.76. The van der Waals surface area contributed by atoms with E-state index in [-0.39, 0.29) is 13.2 Å². The molecule has 158 valence electrons. The number of hydrogen-bond acceptors (Lipinski definition) is 7. The van der Waals surface area contributed by atoms with Gasteiger partial charge in [0.1, 0.15) is 0 Å². The Hall–Kier alpha value is -3.05. The number of carbonyl (C=O) groups is 2. The first-order valence-electron chi connectivity index (χ1n) is 10.5. The molecule has 8 nitrogen and oxygen atoms in total. The minimum Gasteiger partial charge on any atom is -0.463 e. The number of rotatable bonds is 6. The van der Waals surface area contributed by atoms with Crippen molar-refractivity contribution in [3.8, 4) is 6.07 Å². The first kappa shape index (κ1) is 20.2. The van der Waals surface area contributed by atoms with Crippen LogP contribution in [0.3, 0.4) is 0 Å². The summed E-state index contributed by atoms with van der Waals surface area (Å²) in [6.07, 6.45) is 5.95. The number of nitrogens with zero attached hydrogens (tertiary/aromatic N) is 2. The van der Waals surface area contributed by atoms with Gasteiger partial charge in [0.2, 0.25) is 6.10 Å². The lowest BCUT2D eigenvalue weighted by molar-refractivity contribution is -0.153. The molecule has 1 aromatic rings. The summed E-state index contributed by atoms with van der Waals surface area (Å²) in [6, 6.07) is 4.36. The lowest BCUT2D eigenvalue weighted by atomic mass is 9.99. The van der Waals surface area contributed by atoms with Crippen molar-refractivity contribution < 1.29 is 19.1 Å². The highest BCUT2D eigenvalue weighted by Gasteiger charge is 2.30. The SMILES string of the molecule is CCOC(=O)C(CN1C=C(C#N)CN1)OC(=O)Nc1c2c(cc3c1CCC3)CCC2. The van der Waals surface area contributed by atoms with Crippen LogP contribution in [0.25, 0.3) is 0 Å². The van der Waals surface area contributed by atoms with Gasteiger partial charge in [-0.25, -0.2) is 15.0 Å². The Balaban J connectivity index is 1.49. The lowest BCUT2D eigenvalue weighted by Gasteiger charge is -2.23. The summed E-state index contributed by atoms with van der Waals surface area (Å²) in [6.45, 7) is 2.32. The molecule has 2 aliphatic carbocycles. The van der Waals surface area contributed by atoms with Crippen molar-refractivity contribution in [3.05, 3.63) is 40.1 Å². The number of benzene rings is 1. The van der Waals surface area contributed by atoms with Crippen molar-refractivity contribution in [1.82, 2.24) is 10.4 Å². The third kappa shape index (κ3) is 4.12. The van der Waals surface area contributed by atoms with Crippen molar-refractivity contribution in [2.24, 2.45) is 0 Å². The van der Waals surface area contributed by atoms with E-state index in [1.54, 1.807) is 18.1 Å². The molecule has 0 saturated heterocycles. The van der Waals surface area contributed by atoms with E-state index in [0.29, 0.717) is 12.1 Å². The molecule has 3 aliphatic rings. The van der Waals surface area contributed by atoms with E-state index in [0.717, 1.165) is 44.2 Å². The van der Waals surface area contributed by atoms with Crippen LogP contribution in [0, 0.1) is 11.3 Å². The predicted molar refractivity (Wildman–Crippen MR) is 109 cm³/mol. The Bertz CT molecular complexity index is 902. The van der Waals surface area contributed by atoms with Gasteiger partial charge in [-0.05, 0) is 67.7 Å². The highest BCUT2D eigenvalue weighted by Crippen LogP contribution is 2.38. The maximum atomic E-state index is 12.8. The van der Waals surface area contributed by atoms with E-state index < -0.39 is 18.2 Å². The quantitative estimate of drug-likeness (QED) is 0.694. The molecule has 0 fully saturated rings. The van der Waals surface area contributed by atoms with Crippen LogP contribution >= 0.6 is 0 Å². The van der Waals surface area contributed by atoms with Crippen LogP contribution in [0.1, 0.15) is 42.0 Å². The summed E-state index contributed by atoms with van der Waals surface area (Å²) in [5.74, 6) is -0.614. The Morgan fingerprint density at radius 1 is 1.23 bits per heavy atom. The van der Waals surface area contributed by atoms with Gasteiger partial charge in [-0.1, -0.05) is 6.07 Å². The molecule has 0 spiro atoms. The molecule has 0 bridgehead atoms. The molecule has 1 heterocycles. The molecule has 30 heavy (non-hydrogen) atoms. The van der Waals surface area contributed by atoms with Gasteiger partial charge in [0.05, 0.1) is 37.0 Å². The predicted octanol–water partition coefficient (Wildman–Crippen LogP) is 2.37. The molecule has 0 aromatic heterocycles. The number of nitriles is 1. The second kappa shape index (κ2) is 8.76. The van der Waals surface area contributed by atoms with Crippen LogP contribution in [-0.4, -0.2) is 42.9 Å². The Kier molecular flexibility index (Phi) is 5.91. The second-order valence-corrected chi connectivity index (χ2v) is 7.76. The van der Waals surface area contributed by atoms with Crippen molar-refractivity contribution >= 4 is 17.7 Å². The minimum atomic E-state index is -1.11. The summed E-state index contributed by atoms with van der Waals surface area (Å²) in [5, 5.41) is 13.5. The highest BCUT2D eigenvalue weighted by molar-refractivity contribution is 5.90. The molecular weight excluding hydrogens is 384 g/mol. The van der Waals surface area contributed by atoms with Crippen molar-refractivity contribution in [2.75, 3.05) is 25.0 Å². The van der Waals surface area contributed by atoms with Crippen LogP contribution in [0.2, 0.25) is 0 Å². The van der Waals surface area contributed by atoms with E-state index >= 15 is 0 Å². The van der Waals surface area contributed by atoms with Crippen LogP contribution in [-0.2, 0) is 40.0 Å². The summed E-state index contributed by atoms with van der Waals surface area (Å²) in [7, 11) is 0.